The second kappa shape index (κ2) is 4.15. The van der Waals surface area contributed by atoms with E-state index >= 15 is 0 Å². The van der Waals surface area contributed by atoms with E-state index in [2.05, 4.69) is 0 Å². The molecule has 0 bridgehead atoms. The van der Waals surface area contributed by atoms with Crippen molar-refractivity contribution in [3.05, 3.63) is 35.4 Å². The number of hydrogen-bond donors (Lipinski definition) is 2. The summed E-state index contributed by atoms with van der Waals surface area (Å²) in [6, 6.07) is 4.51. The van der Waals surface area contributed by atoms with Crippen molar-refractivity contribution in [2.75, 3.05) is 0 Å². The summed E-state index contributed by atoms with van der Waals surface area (Å²) in [7, 11) is 0. The summed E-state index contributed by atoms with van der Waals surface area (Å²) in [5.74, 6) is -1.41. The molecule has 5 heteroatoms. The van der Waals surface area contributed by atoms with Crippen LogP contribution in [0, 0.1) is 0 Å². The maximum absolute atomic E-state index is 12.1. The minimum Gasteiger partial charge on any atom is -0.479 e. The van der Waals surface area contributed by atoms with Crippen molar-refractivity contribution < 1.29 is 23.8 Å². The summed E-state index contributed by atoms with van der Waals surface area (Å²) < 4.78 is 24.2. The zero-order chi connectivity index (χ0) is 10.7. The molecule has 76 valence electrons. The smallest absolute Gasteiger partial charge is 0.337 e. The minimum atomic E-state index is -2.59. The minimum absolute atomic E-state index is 0.0851. The molecule has 0 aliphatic heterocycles. The molecule has 0 amide bonds. The number of aliphatic hydroxyl groups is 1. The van der Waals surface area contributed by atoms with Crippen LogP contribution in [0.1, 0.15) is 23.7 Å². The van der Waals surface area contributed by atoms with E-state index in [-0.39, 0.29) is 11.1 Å². The highest BCUT2D eigenvalue weighted by Crippen LogP contribution is 2.21. The summed E-state index contributed by atoms with van der Waals surface area (Å²) >= 11 is 0. The number of hydrogen-bond acceptors (Lipinski definition) is 2. The number of aliphatic hydroxyl groups excluding tert-OH is 1. The van der Waals surface area contributed by atoms with E-state index in [9.17, 15) is 13.6 Å². The molecule has 0 aliphatic rings. The average molecular weight is 202 g/mol. The van der Waals surface area contributed by atoms with Crippen LogP contribution in [0.3, 0.4) is 0 Å². The molecule has 0 fully saturated rings. The number of carbonyl (C=O) groups is 1. The van der Waals surface area contributed by atoms with Gasteiger partial charge in [0.2, 0.25) is 0 Å². The quantitative estimate of drug-likeness (QED) is 0.784. The third kappa shape index (κ3) is 2.26. The van der Waals surface area contributed by atoms with Gasteiger partial charge >= 0.3 is 5.97 Å². The van der Waals surface area contributed by atoms with Crippen molar-refractivity contribution in [3.63, 3.8) is 0 Å². The third-order valence-corrected chi connectivity index (χ3v) is 1.74. The Bertz CT molecular complexity index is 321. The van der Waals surface area contributed by atoms with Crippen molar-refractivity contribution in [1.82, 2.24) is 0 Å². The van der Waals surface area contributed by atoms with Gasteiger partial charge in [0.15, 0.2) is 6.10 Å². The van der Waals surface area contributed by atoms with Crippen LogP contribution in [-0.4, -0.2) is 16.2 Å². The first-order valence-corrected chi connectivity index (χ1v) is 3.81. The van der Waals surface area contributed by atoms with Crippen LogP contribution in [0.5, 0.6) is 0 Å². The van der Waals surface area contributed by atoms with Gasteiger partial charge in [-0.15, -0.1) is 0 Å². The van der Waals surface area contributed by atoms with Crippen LogP contribution >= 0.6 is 0 Å². The first-order valence-electron chi connectivity index (χ1n) is 3.81. The van der Waals surface area contributed by atoms with Crippen LogP contribution in [0.25, 0.3) is 0 Å². The zero-order valence-electron chi connectivity index (χ0n) is 7.02. The number of carboxylic acids is 1. The van der Waals surface area contributed by atoms with E-state index in [1.54, 1.807) is 0 Å². The summed E-state index contributed by atoms with van der Waals surface area (Å²) in [4.78, 5) is 10.3. The Labute approximate surface area is 78.6 Å². The van der Waals surface area contributed by atoms with Gasteiger partial charge in [0, 0.05) is 5.56 Å². The first-order chi connectivity index (χ1) is 6.52. The molecule has 1 rings (SSSR count). The largest absolute Gasteiger partial charge is 0.479 e. The Balaban J connectivity index is 2.88. The third-order valence-electron chi connectivity index (χ3n) is 1.74. The van der Waals surface area contributed by atoms with Gasteiger partial charge in [-0.3, -0.25) is 0 Å². The molecule has 1 aromatic rings. The normalized spacial score (nSPS) is 12.9. The predicted octanol–water partition coefficient (Wildman–Crippen LogP) is 1.74. The Morgan fingerprint density at radius 2 is 1.57 bits per heavy atom. The molecule has 0 saturated carbocycles. The van der Waals surface area contributed by atoms with E-state index in [4.69, 9.17) is 10.2 Å². The maximum Gasteiger partial charge on any atom is 0.337 e. The van der Waals surface area contributed by atoms with Gasteiger partial charge in [-0.05, 0) is 5.56 Å². The van der Waals surface area contributed by atoms with E-state index in [0.29, 0.717) is 0 Å². The highest BCUT2D eigenvalue weighted by molar-refractivity contribution is 5.73. The van der Waals surface area contributed by atoms with Crippen LogP contribution in [0.4, 0.5) is 8.78 Å². The van der Waals surface area contributed by atoms with Crippen LogP contribution in [-0.2, 0) is 4.79 Å². The first kappa shape index (κ1) is 10.6. The summed E-state index contributed by atoms with van der Waals surface area (Å²) in [6.45, 7) is 0. The fourth-order valence-corrected chi connectivity index (χ4v) is 0.966. The Hall–Kier alpha value is -1.49. The number of aliphatic carboxylic acids is 1. The fraction of sp³-hybridized carbons (Fsp3) is 0.222. The second-order valence-corrected chi connectivity index (χ2v) is 2.71. The molecule has 0 aliphatic carbocycles. The van der Waals surface area contributed by atoms with Crippen molar-refractivity contribution in [3.8, 4) is 0 Å². The summed E-state index contributed by atoms with van der Waals surface area (Å²) in [5, 5.41) is 17.5. The number of benzene rings is 1. The zero-order valence-corrected chi connectivity index (χ0v) is 7.02. The molecule has 0 heterocycles. The number of carboxylic acid groups (broad SMARTS) is 1. The van der Waals surface area contributed by atoms with Gasteiger partial charge in [-0.2, -0.15) is 0 Å². The lowest BCUT2D eigenvalue weighted by atomic mass is 10.1. The van der Waals surface area contributed by atoms with Gasteiger partial charge in [-0.25, -0.2) is 13.6 Å². The highest BCUT2D eigenvalue weighted by Gasteiger charge is 2.16. The monoisotopic (exact) mass is 202 g/mol. The molecule has 1 unspecified atom stereocenters. The molecule has 3 nitrogen and oxygen atoms in total. The topological polar surface area (TPSA) is 57.5 Å². The standard InChI is InChI=1S/C9H8F2O3/c10-8(11)6-3-1-5(2-4-6)7(12)9(13)14/h1-4,7-8,12H,(H,13,14). The summed E-state index contributed by atoms with van der Waals surface area (Å²) in [6.07, 6.45) is -4.26. The highest BCUT2D eigenvalue weighted by atomic mass is 19.3. The Kier molecular flexibility index (Phi) is 3.14. The molecule has 1 aromatic carbocycles. The number of alkyl halides is 2. The molecule has 0 spiro atoms. The Morgan fingerprint density at radius 3 is 1.93 bits per heavy atom. The Morgan fingerprint density at radius 1 is 1.14 bits per heavy atom. The molecule has 2 N–H and O–H groups in total. The van der Waals surface area contributed by atoms with E-state index in [1.165, 1.54) is 12.1 Å². The molecule has 1 atom stereocenters. The van der Waals surface area contributed by atoms with Crippen molar-refractivity contribution >= 4 is 5.97 Å². The predicted molar refractivity (Wildman–Crippen MR) is 44.0 cm³/mol. The molecule has 14 heavy (non-hydrogen) atoms. The van der Waals surface area contributed by atoms with E-state index in [1.807, 2.05) is 0 Å². The lowest BCUT2D eigenvalue weighted by Gasteiger charge is -2.06. The van der Waals surface area contributed by atoms with Gasteiger partial charge in [-0.1, -0.05) is 24.3 Å². The van der Waals surface area contributed by atoms with Crippen molar-refractivity contribution in [2.45, 2.75) is 12.5 Å². The van der Waals surface area contributed by atoms with Gasteiger partial charge in [0.25, 0.3) is 6.43 Å². The van der Waals surface area contributed by atoms with Gasteiger partial charge < -0.3 is 10.2 Å². The summed E-state index contributed by atoms with van der Waals surface area (Å²) in [5.41, 5.74) is -0.117. The van der Waals surface area contributed by atoms with Crippen LogP contribution < -0.4 is 0 Å². The average Bonchev–Trinajstić information content (AvgIpc) is 2.16. The molecule has 0 saturated heterocycles. The van der Waals surface area contributed by atoms with E-state index < -0.39 is 18.5 Å². The van der Waals surface area contributed by atoms with Crippen LogP contribution in [0.15, 0.2) is 24.3 Å². The van der Waals surface area contributed by atoms with E-state index in [0.717, 1.165) is 12.1 Å². The van der Waals surface area contributed by atoms with Gasteiger partial charge in [0.05, 0.1) is 0 Å². The van der Waals surface area contributed by atoms with Crippen molar-refractivity contribution in [2.24, 2.45) is 0 Å². The fourth-order valence-electron chi connectivity index (χ4n) is 0.966. The lowest BCUT2D eigenvalue weighted by molar-refractivity contribution is -0.146. The molecule has 0 radical (unpaired) electrons. The number of halogens is 2. The molecule has 0 aromatic heterocycles. The number of rotatable bonds is 3. The van der Waals surface area contributed by atoms with Gasteiger partial charge in [0.1, 0.15) is 0 Å². The second-order valence-electron chi connectivity index (χ2n) is 2.71. The van der Waals surface area contributed by atoms with Crippen molar-refractivity contribution in [1.29, 1.82) is 0 Å². The maximum atomic E-state index is 12.1. The lowest BCUT2D eigenvalue weighted by Crippen LogP contribution is -2.10. The molecular formula is C9H8F2O3. The molecular weight excluding hydrogens is 194 g/mol. The SMILES string of the molecule is O=C(O)C(O)c1ccc(C(F)F)cc1. The van der Waals surface area contributed by atoms with Crippen LogP contribution in [0.2, 0.25) is 0 Å².